The molecule has 1 amide bonds. The predicted octanol–water partition coefficient (Wildman–Crippen LogP) is 0.992. The molecule has 0 atom stereocenters. The van der Waals surface area contributed by atoms with Crippen LogP contribution in [-0.2, 0) is 14.8 Å². The molecule has 1 aromatic carbocycles. The second kappa shape index (κ2) is 8.77. The second-order valence-corrected chi connectivity index (χ2v) is 8.53. The third-order valence-electron chi connectivity index (χ3n) is 4.39. The summed E-state index contributed by atoms with van der Waals surface area (Å²) in [6, 6.07) is 5.87. The topological polar surface area (TPSA) is 87.7 Å². The van der Waals surface area contributed by atoms with Crippen molar-refractivity contribution in [2.75, 3.05) is 39.4 Å². The highest BCUT2D eigenvalue weighted by Crippen LogP contribution is 2.16. The lowest BCUT2D eigenvalue weighted by molar-refractivity contribution is -0.00923. The fourth-order valence-electron chi connectivity index (χ4n) is 2.72. The van der Waals surface area contributed by atoms with Crippen molar-refractivity contribution in [2.45, 2.75) is 24.3 Å². The highest BCUT2D eigenvalue weighted by atomic mass is 32.2. The van der Waals surface area contributed by atoms with Gasteiger partial charge in [-0.15, -0.1) is 6.58 Å². The number of nitrogens with zero attached hydrogens (tertiary/aromatic N) is 1. The molecule has 1 aromatic rings. The van der Waals surface area contributed by atoms with E-state index in [9.17, 15) is 13.2 Å². The number of rotatable bonds is 8. The maximum absolute atomic E-state index is 12.4. The molecule has 144 valence electrons. The van der Waals surface area contributed by atoms with Crippen LogP contribution in [0.4, 0.5) is 0 Å². The van der Waals surface area contributed by atoms with Gasteiger partial charge in [0.05, 0.1) is 18.1 Å². The standard InChI is InChI=1S/C18H27N3O4S/c1-4-9-20-26(23,24)16-7-5-15(6-8-16)17(22)19-14-18(2,3)21-10-12-25-13-11-21/h4-8,20H,1,9-14H2,2-3H3,(H,19,22). The molecule has 2 N–H and O–H groups in total. The number of amides is 1. The van der Waals surface area contributed by atoms with Gasteiger partial charge in [0.2, 0.25) is 10.0 Å². The highest BCUT2D eigenvalue weighted by molar-refractivity contribution is 7.89. The van der Waals surface area contributed by atoms with Crippen molar-refractivity contribution in [2.24, 2.45) is 0 Å². The van der Waals surface area contributed by atoms with Gasteiger partial charge in [-0.05, 0) is 38.1 Å². The number of sulfonamides is 1. The van der Waals surface area contributed by atoms with E-state index in [4.69, 9.17) is 4.74 Å². The van der Waals surface area contributed by atoms with Crippen LogP contribution in [-0.4, -0.2) is 64.2 Å². The lowest BCUT2D eigenvalue weighted by Crippen LogP contribution is -2.55. The lowest BCUT2D eigenvalue weighted by Gasteiger charge is -2.40. The van der Waals surface area contributed by atoms with E-state index in [0.29, 0.717) is 25.3 Å². The van der Waals surface area contributed by atoms with E-state index >= 15 is 0 Å². The smallest absolute Gasteiger partial charge is 0.251 e. The quantitative estimate of drug-likeness (QED) is 0.656. The molecule has 0 aliphatic carbocycles. The number of hydrogen-bond donors (Lipinski definition) is 2. The predicted molar refractivity (Wildman–Crippen MR) is 101 cm³/mol. The molecule has 0 aromatic heterocycles. The minimum atomic E-state index is -3.59. The van der Waals surface area contributed by atoms with E-state index in [2.05, 4.69) is 35.4 Å². The minimum absolute atomic E-state index is 0.115. The summed E-state index contributed by atoms with van der Waals surface area (Å²) in [5.74, 6) is -0.227. The van der Waals surface area contributed by atoms with Crippen molar-refractivity contribution in [3.05, 3.63) is 42.5 Å². The van der Waals surface area contributed by atoms with Crippen LogP contribution in [0.25, 0.3) is 0 Å². The van der Waals surface area contributed by atoms with Gasteiger partial charge in [-0.2, -0.15) is 0 Å². The summed E-state index contributed by atoms with van der Waals surface area (Å²) in [4.78, 5) is 14.8. The second-order valence-electron chi connectivity index (χ2n) is 6.76. The Bertz CT molecular complexity index is 723. The van der Waals surface area contributed by atoms with Gasteiger partial charge in [0.1, 0.15) is 0 Å². The van der Waals surface area contributed by atoms with Gasteiger partial charge in [-0.1, -0.05) is 6.08 Å². The van der Waals surface area contributed by atoms with Crippen molar-refractivity contribution >= 4 is 15.9 Å². The number of ether oxygens (including phenoxy) is 1. The average molecular weight is 381 g/mol. The zero-order valence-corrected chi connectivity index (χ0v) is 16.1. The maximum Gasteiger partial charge on any atom is 0.251 e. The van der Waals surface area contributed by atoms with E-state index in [1.165, 1.54) is 30.3 Å². The van der Waals surface area contributed by atoms with Crippen LogP contribution >= 0.6 is 0 Å². The first-order valence-electron chi connectivity index (χ1n) is 8.58. The van der Waals surface area contributed by atoms with Gasteiger partial charge in [0, 0.05) is 37.3 Å². The van der Waals surface area contributed by atoms with Gasteiger partial charge in [0.25, 0.3) is 5.91 Å². The van der Waals surface area contributed by atoms with Crippen LogP contribution in [0.1, 0.15) is 24.2 Å². The number of benzene rings is 1. The molecule has 0 unspecified atom stereocenters. The molecule has 1 fully saturated rings. The van der Waals surface area contributed by atoms with Crippen molar-refractivity contribution in [3.8, 4) is 0 Å². The molecule has 0 spiro atoms. The molecule has 1 aliphatic heterocycles. The minimum Gasteiger partial charge on any atom is -0.379 e. The normalized spacial score (nSPS) is 16.2. The summed E-state index contributed by atoms with van der Waals surface area (Å²) in [6.07, 6.45) is 1.47. The van der Waals surface area contributed by atoms with E-state index in [1.807, 2.05) is 0 Å². The Morgan fingerprint density at radius 1 is 1.27 bits per heavy atom. The average Bonchev–Trinajstić information content (AvgIpc) is 2.65. The van der Waals surface area contributed by atoms with Crippen LogP contribution in [0, 0.1) is 0 Å². The molecular formula is C18H27N3O4S. The molecule has 8 heteroatoms. The molecule has 1 saturated heterocycles. The van der Waals surface area contributed by atoms with Gasteiger partial charge < -0.3 is 10.1 Å². The number of carbonyl (C=O) groups excluding carboxylic acids is 1. The molecule has 0 radical (unpaired) electrons. The van der Waals surface area contributed by atoms with Gasteiger partial charge >= 0.3 is 0 Å². The van der Waals surface area contributed by atoms with E-state index in [1.54, 1.807) is 0 Å². The summed E-state index contributed by atoms with van der Waals surface area (Å²) >= 11 is 0. The van der Waals surface area contributed by atoms with Gasteiger partial charge in [-0.25, -0.2) is 13.1 Å². The Kier molecular flexibility index (Phi) is 6.94. The summed E-state index contributed by atoms with van der Waals surface area (Å²) in [6.45, 7) is 11.4. The lowest BCUT2D eigenvalue weighted by atomic mass is 10.0. The number of morpholine rings is 1. The van der Waals surface area contributed by atoms with Crippen molar-refractivity contribution in [3.63, 3.8) is 0 Å². The fourth-order valence-corrected chi connectivity index (χ4v) is 3.71. The Labute approximate surface area is 155 Å². The summed E-state index contributed by atoms with van der Waals surface area (Å²) < 4.78 is 31.8. The molecule has 0 bridgehead atoms. The first-order valence-corrected chi connectivity index (χ1v) is 10.1. The Morgan fingerprint density at radius 3 is 2.46 bits per heavy atom. The van der Waals surface area contributed by atoms with E-state index in [-0.39, 0.29) is 22.9 Å². The first kappa shape index (κ1) is 20.6. The number of nitrogens with one attached hydrogen (secondary N) is 2. The molecular weight excluding hydrogens is 354 g/mol. The maximum atomic E-state index is 12.4. The zero-order valence-electron chi connectivity index (χ0n) is 15.3. The highest BCUT2D eigenvalue weighted by Gasteiger charge is 2.28. The van der Waals surface area contributed by atoms with E-state index in [0.717, 1.165) is 13.1 Å². The van der Waals surface area contributed by atoms with Crippen LogP contribution in [0.2, 0.25) is 0 Å². The van der Waals surface area contributed by atoms with Crippen molar-refractivity contribution < 1.29 is 17.9 Å². The van der Waals surface area contributed by atoms with E-state index < -0.39 is 10.0 Å². The number of carbonyl (C=O) groups is 1. The van der Waals surface area contributed by atoms with Gasteiger partial charge in [0.15, 0.2) is 0 Å². The van der Waals surface area contributed by atoms with Crippen LogP contribution in [0.3, 0.4) is 0 Å². The molecule has 1 aliphatic rings. The van der Waals surface area contributed by atoms with Crippen LogP contribution < -0.4 is 10.0 Å². The largest absolute Gasteiger partial charge is 0.379 e. The Balaban J connectivity index is 1.96. The molecule has 2 rings (SSSR count). The third-order valence-corrected chi connectivity index (χ3v) is 5.83. The fraction of sp³-hybridized carbons (Fsp3) is 0.500. The Morgan fingerprint density at radius 2 is 1.88 bits per heavy atom. The van der Waals surface area contributed by atoms with Gasteiger partial charge in [-0.3, -0.25) is 9.69 Å². The third kappa shape index (κ3) is 5.38. The summed E-state index contributed by atoms with van der Waals surface area (Å²) in [7, 11) is -3.59. The first-order chi connectivity index (χ1) is 12.3. The molecule has 26 heavy (non-hydrogen) atoms. The Hall–Kier alpha value is -1.74. The van der Waals surface area contributed by atoms with Crippen LogP contribution in [0.15, 0.2) is 41.8 Å². The molecule has 0 saturated carbocycles. The number of hydrogen-bond acceptors (Lipinski definition) is 5. The summed E-state index contributed by atoms with van der Waals surface area (Å²) in [5, 5.41) is 2.93. The zero-order chi connectivity index (χ0) is 19.2. The summed E-state index contributed by atoms with van der Waals surface area (Å²) in [5.41, 5.74) is 0.239. The van der Waals surface area contributed by atoms with Crippen LogP contribution in [0.5, 0.6) is 0 Å². The monoisotopic (exact) mass is 381 g/mol. The molecule has 7 nitrogen and oxygen atoms in total. The molecule has 1 heterocycles. The SMILES string of the molecule is C=CCNS(=O)(=O)c1ccc(C(=O)NCC(C)(C)N2CCOCC2)cc1. The van der Waals surface area contributed by atoms with Crippen molar-refractivity contribution in [1.29, 1.82) is 0 Å². The van der Waals surface area contributed by atoms with Crippen molar-refractivity contribution in [1.82, 2.24) is 14.9 Å².